The number of nitrogens with zero attached hydrogens (tertiary/aromatic N) is 4. The summed E-state index contributed by atoms with van der Waals surface area (Å²) in [5, 5.41) is 12.3. The lowest BCUT2D eigenvalue weighted by Gasteiger charge is -2.07. The van der Waals surface area contributed by atoms with Crippen molar-refractivity contribution in [2.45, 2.75) is 6.92 Å². The van der Waals surface area contributed by atoms with E-state index in [0.29, 0.717) is 10.6 Å². The van der Waals surface area contributed by atoms with Crippen molar-refractivity contribution >= 4 is 45.5 Å². The molecule has 1 aromatic heterocycles. The van der Waals surface area contributed by atoms with Crippen LogP contribution >= 0.6 is 27.5 Å². The molecule has 10 heteroatoms. The summed E-state index contributed by atoms with van der Waals surface area (Å²) < 4.78 is 11.4. The van der Waals surface area contributed by atoms with E-state index < -0.39 is 5.97 Å². The van der Waals surface area contributed by atoms with Crippen LogP contribution in [0.1, 0.15) is 33.3 Å². The predicted molar refractivity (Wildman–Crippen MR) is 114 cm³/mol. The Kier molecular flexibility index (Phi) is 7.31. The van der Waals surface area contributed by atoms with E-state index in [1.54, 1.807) is 55.5 Å². The van der Waals surface area contributed by atoms with Gasteiger partial charge in [-0.3, -0.25) is 4.79 Å². The predicted octanol–water partition coefficient (Wildman–Crippen LogP) is 4.01. The lowest BCUT2D eigenvalue weighted by Crippen LogP contribution is -2.15. The molecule has 0 unspecified atom stereocenters. The van der Waals surface area contributed by atoms with Crippen LogP contribution in [0, 0.1) is 0 Å². The van der Waals surface area contributed by atoms with Gasteiger partial charge in [0.05, 0.1) is 12.8 Å². The number of ketones is 1. The van der Waals surface area contributed by atoms with E-state index in [4.69, 9.17) is 21.1 Å². The molecule has 0 spiro atoms. The summed E-state index contributed by atoms with van der Waals surface area (Å²) in [5.74, 6) is -1.10. The molecule has 0 aliphatic rings. The first-order valence-electron chi connectivity index (χ1n) is 8.82. The van der Waals surface area contributed by atoms with E-state index in [9.17, 15) is 9.59 Å². The van der Waals surface area contributed by atoms with Crippen molar-refractivity contribution in [3.8, 4) is 5.88 Å². The van der Waals surface area contributed by atoms with Gasteiger partial charge in [0.15, 0.2) is 12.4 Å². The van der Waals surface area contributed by atoms with Crippen LogP contribution in [0.4, 0.5) is 0 Å². The fourth-order valence-corrected chi connectivity index (χ4v) is 2.71. The van der Waals surface area contributed by atoms with Crippen molar-refractivity contribution in [3.05, 3.63) is 74.8 Å². The Hall–Kier alpha value is -3.04. The minimum atomic E-state index is -0.725. The number of carbonyl (C=O) groups excluding carboxylic acids is 2. The van der Waals surface area contributed by atoms with Crippen molar-refractivity contribution in [1.29, 1.82) is 0 Å². The van der Waals surface area contributed by atoms with E-state index in [2.05, 4.69) is 31.3 Å². The van der Waals surface area contributed by atoms with Gasteiger partial charge in [0.25, 0.3) is 5.88 Å². The Balaban J connectivity index is 1.82. The maximum atomic E-state index is 12.4. The number of ether oxygens (including phenoxy) is 2. The second-order valence-corrected chi connectivity index (χ2v) is 7.22. The zero-order valence-electron chi connectivity index (χ0n) is 15.8. The van der Waals surface area contributed by atoms with Crippen LogP contribution in [0.2, 0.25) is 5.02 Å². The third-order valence-electron chi connectivity index (χ3n) is 3.77. The molecular formula is C20H16BrClN4O4. The summed E-state index contributed by atoms with van der Waals surface area (Å²) in [4.78, 5) is 25.6. The Morgan fingerprint density at radius 3 is 2.53 bits per heavy atom. The zero-order valence-corrected chi connectivity index (χ0v) is 18.1. The number of rotatable bonds is 8. The molecule has 0 saturated heterocycles. The van der Waals surface area contributed by atoms with Crippen LogP contribution < -0.4 is 4.74 Å². The zero-order chi connectivity index (χ0) is 21.5. The molecule has 0 atom stereocenters. The number of Topliss-reactive ketones (excluding diaryl/α,β-unsaturated/α-hetero) is 1. The quantitative estimate of drug-likeness (QED) is 0.268. The molecule has 0 radical (unpaired) electrons. The monoisotopic (exact) mass is 490 g/mol. The molecule has 3 aromatic rings. The molecule has 30 heavy (non-hydrogen) atoms. The molecule has 3 rings (SSSR count). The molecule has 154 valence electrons. The molecule has 1 heterocycles. The van der Waals surface area contributed by atoms with Crippen LogP contribution in [0.15, 0.2) is 58.1 Å². The normalized spacial score (nSPS) is 10.9. The summed E-state index contributed by atoms with van der Waals surface area (Å²) in [6.07, 6.45) is 1.49. The first-order valence-corrected chi connectivity index (χ1v) is 9.99. The highest BCUT2D eigenvalue weighted by atomic mass is 79.9. The Morgan fingerprint density at radius 2 is 1.87 bits per heavy atom. The highest BCUT2D eigenvalue weighted by Crippen LogP contribution is 2.18. The Labute approximate surface area is 185 Å². The second-order valence-electron chi connectivity index (χ2n) is 5.87. The molecule has 0 bridgehead atoms. The van der Waals surface area contributed by atoms with Crippen LogP contribution in [0.3, 0.4) is 0 Å². The highest BCUT2D eigenvalue weighted by Gasteiger charge is 2.23. The minimum absolute atomic E-state index is 0.0934. The molecule has 0 aliphatic carbocycles. The van der Waals surface area contributed by atoms with E-state index in [1.165, 1.54) is 6.21 Å². The fourth-order valence-electron chi connectivity index (χ4n) is 2.32. The van der Waals surface area contributed by atoms with E-state index in [0.717, 1.165) is 14.8 Å². The minimum Gasteiger partial charge on any atom is -0.466 e. The van der Waals surface area contributed by atoms with Gasteiger partial charge in [-0.1, -0.05) is 56.6 Å². The van der Waals surface area contributed by atoms with Gasteiger partial charge < -0.3 is 9.47 Å². The third-order valence-corrected chi connectivity index (χ3v) is 4.56. The van der Waals surface area contributed by atoms with Gasteiger partial charge in [-0.15, -0.1) is 5.10 Å². The summed E-state index contributed by atoms with van der Waals surface area (Å²) in [6, 6.07) is 13.8. The molecule has 0 N–H and O–H groups in total. The highest BCUT2D eigenvalue weighted by molar-refractivity contribution is 9.10. The summed E-state index contributed by atoms with van der Waals surface area (Å²) >= 11 is 9.19. The maximum absolute atomic E-state index is 12.4. The van der Waals surface area contributed by atoms with E-state index in [1.807, 2.05) is 0 Å². The number of hydrogen-bond donors (Lipinski definition) is 0. The van der Waals surface area contributed by atoms with Gasteiger partial charge in [-0.25, -0.2) is 4.79 Å². The molecule has 0 aliphatic heterocycles. The van der Waals surface area contributed by atoms with Gasteiger partial charge in [0, 0.05) is 15.1 Å². The van der Waals surface area contributed by atoms with Gasteiger partial charge in [0.1, 0.15) is 0 Å². The molecule has 2 aromatic carbocycles. The van der Waals surface area contributed by atoms with Crippen LogP contribution in [0.5, 0.6) is 5.88 Å². The Morgan fingerprint density at radius 1 is 1.17 bits per heavy atom. The number of benzene rings is 2. The van der Waals surface area contributed by atoms with Crippen LogP contribution in [-0.4, -0.2) is 46.3 Å². The number of hydrogen-bond acceptors (Lipinski definition) is 7. The van der Waals surface area contributed by atoms with Crippen LogP contribution in [-0.2, 0) is 4.74 Å². The fraction of sp³-hybridized carbons (Fsp3) is 0.150. The molecule has 0 amide bonds. The maximum Gasteiger partial charge on any atom is 0.364 e. The molecule has 0 fully saturated rings. The van der Waals surface area contributed by atoms with Crippen molar-refractivity contribution in [2.75, 3.05) is 13.2 Å². The number of halogens is 2. The standard InChI is InChI=1S/C20H16BrClN4O4/c1-2-29-20(28)18-19(30-12-17(27)14-5-7-15(21)8-6-14)26(25-24-18)23-11-13-3-9-16(22)10-4-13/h3-11H,2,12H2,1H3/b23-11+. The average Bonchev–Trinajstić information content (AvgIpc) is 3.15. The Bertz CT molecular complexity index is 1070. The average molecular weight is 492 g/mol. The third kappa shape index (κ3) is 5.52. The van der Waals surface area contributed by atoms with E-state index >= 15 is 0 Å². The lowest BCUT2D eigenvalue weighted by molar-refractivity contribution is 0.0512. The molecule has 8 nitrogen and oxygen atoms in total. The number of aromatic nitrogens is 3. The van der Waals surface area contributed by atoms with Gasteiger partial charge in [0.2, 0.25) is 5.69 Å². The topological polar surface area (TPSA) is 95.7 Å². The van der Waals surface area contributed by atoms with Gasteiger partial charge in [-0.05, 0) is 42.0 Å². The first-order chi connectivity index (χ1) is 14.5. The van der Waals surface area contributed by atoms with Gasteiger partial charge in [-0.2, -0.15) is 5.10 Å². The smallest absolute Gasteiger partial charge is 0.364 e. The molecule has 0 saturated carbocycles. The lowest BCUT2D eigenvalue weighted by atomic mass is 10.1. The first kappa shape index (κ1) is 21.7. The summed E-state index contributed by atoms with van der Waals surface area (Å²) in [7, 11) is 0. The van der Waals surface area contributed by atoms with Crippen LogP contribution in [0.25, 0.3) is 0 Å². The number of esters is 1. The van der Waals surface area contributed by atoms with Crippen molar-refractivity contribution in [3.63, 3.8) is 0 Å². The van der Waals surface area contributed by atoms with Gasteiger partial charge >= 0.3 is 5.97 Å². The molecular weight excluding hydrogens is 476 g/mol. The van der Waals surface area contributed by atoms with Crippen molar-refractivity contribution < 1.29 is 19.1 Å². The summed E-state index contributed by atoms with van der Waals surface area (Å²) in [6.45, 7) is 1.48. The van der Waals surface area contributed by atoms with Crippen molar-refractivity contribution in [1.82, 2.24) is 15.1 Å². The SMILES string of the molecule is CCOC(=O)c1nnn(/N=C/c2ccc(Cl)cc2)c1OCC(=O)c1ccc(Br)cc1. The number of carbonyl (C=O) groups is 2. The second kappa shape index (κ2) is 10.1. The summed E-state index contributed by atoms with van der Waals surface area (Å²) in [5.41, 5.74) is 1.03. The van der Waals surface area contributed by atoms with E-state index in [-0.39, 0.29) is 30.6 Å². The largest absolute Gasteiger partial charge is 0.466 e. The van der Waals surface area contributed by atoms with Crippen molar-refractivity contribution in [2.24, 2.45) is 5.10 Å².